The van der Waals surface area contributed by atoms with Crippen LogP contribution in [-0.2, 0) is 4.74 Å². The predicted octanol–water partition coefficient (Wildman–Crippen LogP) is 1.83. The second-order valence-electron chi connectivity index (χ2n) is 4.52. The van der Waals surface area contributed by atoms with Gasteiger partial charge in [0.2, 0.25) is 0 Å². The minimum absolute atomic E-state index is 0.241. The molecule has 1 aliphatic heterocycles. The van der Waals surface area contributed by atoms with Crippen LogP contribution in [0.4, 0.5) is 14.9 Å². The third-order valence-electron chi connectivity index (χ3n) is 3.14. The summed E-state index contributed by atoms with van der Waals surface area (Å²) in [6, 6.07) is 4.39. The van der Waals surface area contributed by atoms with Crippen molar-refractivity contribution in [3.05, 3.63) is 36.7 Å². The van der Waals surface area contributed by atoms with Crippen LogP contribution in [0, 0.1) is 5.82 Å². The number of isothiocyanates is 1. The molecule has 2 aromatic rings. The Balaban J connectivity index is 1.82. The van der Waals surface area contributed by atoms with Crippen molar-refractivity contribution in [2.24, 2.45) is 4.99 Å². The number of thiocarbonyl (C=S) groups is 1. The second kappa shape index (κ2) is 6.00. The van der Waals surface area contributed by atoms with E-state index in [2.05, 4.69) is 32.5 Å². The molecule has 0 saturated carbocycles. The van der Waals surface area contributed by atoms with Gasteiger partial charge in [-0.25, -0.2) is 23.8 Å². The molecule has 0 radical (unpaired) electrons. The molecule has 22 heavy (non-hydrogen) atoms. The average molecular weight is 319 g/mol. The number of halogens is 1. The van der Waals surface area contributed by atoms with Crippen LogP contribution in [0.5, 0.6) is 0 Å². The van der Waals surface area contributed by atoms with Crippen molar-refractivity contribution in [2.45, 2.75) is 6.10 Å². The van der Waals surface area contributed by atoms with Crippen LogP contribution in [0.25, 0.3) is 5.69 Å². The highest BCUT2D eigenvalue weighted by molar-refractivity contribution is 7.78. The van der Waals surface area contributed by atoms with Crippen molar-refractivity contribution < 1.29 is 13.9 Å². The third kappa shape index (κ3) is 2.72. The molecule has 9 heteroatoms. The summed E-state index contributed by atoms with van der Waals surface area (Å²) in [6.07, 6.45) is 1.74. The molecule has 1 fully saturated rings. The van der Waals surface area contributed by atoms with E-state index in [1.54, 1.807) is 6.07 Å². The Kier molecular flexibility index (Phi) is 3.90. The van der Waals surface area contributed by atoms with E-state index in [-0.39, 0.29) is 18.8 Å². The molecule has 0 aliphatic carbocycles. The number of nitrogens with zero attached hydrogens (tertiary/aromatic N) is 5. The van der Waals surface area contributed by atoms with Crippen molar-refractivity contribution in [3.8, 4) is 5.69 Å². The zero-order valence-corrected chi connectivity index (χ0v) is 12.0. The highest BCUT2D eigenvalue weighted by Crippen LogP contribution is 2.25. The summed E-state index contributed by atoms with van der Waals surface area (Å²) in [5, 5.41) is 6.09. The van der Waals surface area contributed by atoms with Gasteiger partial charge in [0.25, 0.3) is 0 Å². The molecule has 1 saturated heterocycles. The lowest BCUT2D eigenvalue weighted by molar-refractivity contribution is 0.145. The van der Waals surface area contributed by atoms with Gasteiger partial charge in [0, 0.05) is 0 Å². The molecule has 7 nitrogen and oxygen atoms in total. The highest BCUT2D eigenvalue weighted by atomic mass is 32.1. The fourth-order valence-corrected chi connectivity index (χ4v) is 2.22. The number of hydrogen-bond acceptors (Lipinski definition) is 6. The van der Waals surface area contributed by atoms with Crippen LogP contribution in [-0.4, -0.2) is 45.2 Å². The Morgan fingerprint density at radius 2 is 2.41 bits per heavy atom. The summed E-state index contributed by atoms with van der Waals surface area (Å²) >= 11 is 4.48. The van der Waals surface area contributed by atoms with Crippen molar-refractivity contribution in [1.82, 2.24) is 14.8 Å². The van der Waals surface area contributed by atoms with Gasteiger partial charge in [-0.2, -0.15) is 5.10 Å². The Hall–Kier alpha value is -2.64. The van der Waals surface area contributed by atoms with Crippen LogP contribution in [0.2, 0.25) is 0 Å². The van der Waals surface area contributed by atoms with E-state index in [4.69, 9.17) is 4.74 Å². The van der Waals surface area contributed by atoms with Gasteiger partial charge in [-0.05, 0) is 30.4 Å². The molecule has 1 aromatic heterocycles. The summed E-state index contributed by atoms with van der Waals surface area (Å²) in [4.78, 5) is 20.7. The maximum atomic E-state index is 14.2. The first-order valence-electron chi connectivity index (χ1n) is 6.35. The van der Waals surface area contributed by atoms with Crippen LogP contribution in [0.15, 0.2) is 35.8 Å². The monoisotopic (exact) mass is 319 g/mol. The number of benzene rings is 1. The largest absolute Gasteiger partial charge is 0.442 e. The number of ether oxygens (including phenoxy) is 1. The summed E-state index contributed by atoms with van der Waals surface area (Å²) in [5.41, 5.74) is 0.649. The normalized spacial score (nSPS) is 17.2. The van der Waals surface area contributed by atoms with Crippen LogP contribution in [0.1, 0.15) is 0 Å². The van der Waals surface area contributed by atoms with Crippen LogP contribution >= 0.6 is 12.2 Å². The van der Waals surface area contributed by atoms with E-state index < -0.39 is 18.0 Å². The molecule has 1 amide bonds. The maximum absolute atomic E-state index is 14.2. The van der Waals surface area contributed by atoms with Crippen LogP contribution < -0.4 is 4.90 Å². The Morgan fingerprint density at radius 1 is 1.55 bits per heavy atom. The Labute approximate surface area is 130 Å². The van der Waals surface area contributed by atoms with Gasteiger partial charge < -0.3 is 4.74 Å². The van der Waals surface area contributed by atoms with E-state index in [0.29, 0.717) is 5.69 Å². The first-order valence-corrected chi connectivity index (χ1v) is 6.76. The van der Waals surface area contributed by atoms with Gasteiger partial charge in [-0.1, -0.05) is 0 Å². The molecule has 1 aromatic carbocycles. The van der Waals surface area contributed by atoms with Gasteiger partial charge in [0.05, 0.1) is 23.9 Å². The predicted molar refractivity (Wildman–Crippen MR) is 78.8 cm³/mol. The molecular formula is C13H10FN5O2S. The lowest BCUT2D eigenvalue weighted by Crippen LogP contribution is -2.25. The number of cyclic esters (lactones) is 1. The Morgan fingerprint density at radius 3 is 3.09 bits per heavy atom. The first kappa shape index (κ1) is 14.3. The molecule has 1 aliphatic rings. The molecule has 3 rings (SSSR count). The molecular weight excluding hydrogens is 309 g/mol. The van der Waals surface area contributed by atoms with E-state index in [1.165, 1.54) is 34.4 Å². The standard InChI is InChI=1S/C13H10FN5O2S/c14-11-3-9(1-2-12(11)19-7-16-6-17-19)18-5-10(4-15-8-22)21-13(18)20/h1-3,6-7,10H,4-5H2/t10-/m0/s1. The maximum Gasteiger partial charge on any atom is 0.414 e. The lowest BCUT2D eigenvalue weighted by atomic mass is 10.2. The molecule has 0 spiro atoms. The van der Waals surface area contributed by atoms with E-state index in [9.17, 15) is 9.18 Å². The third-order valence-corrected chi connectivity index (χ3v) is 3.27. The minimum Gasteiger partial charge on any atom is -0.442 e. The van der Waals surface area contributed by atoms with E-state index >= 15 is 0 Å². The number of aliphatic imine (C=N–C) groups is 1. The molecule has 0 unspecified atom stereocenters. The minimum atomic E-state index is -0.544. The average Bonchev–Trinajstić information content (AvgIpc) is 3.14. The van der Waals surface area contributed by atoms with E-state index in [1.807, 2.05) is 0 Å². The molecule has 112 valence electrons. The number of carbonyl (C=O) groups excluding carboxylic acids is 1. The molecule has 2 heterocycles. The van der Waals surface area contributed by atoms with Crippen molar-refractivity contribution >= 4 is 29.2 Å². The van der Waals surface area contributed by atoms with Gasteiger partial charge >= 0.3 is 6.09 Å². The SMILES string of the molecule is O=C1O[C@@H](CN=C=S)CN1c1ccc(-n2cncn2)c(F)c1. The second-order valence-corrected chi connectivity index (χ2v) is 4.71. The number of carbonyl (C=O) groups is 1. The zero-order valence-electron chi connectivity index (χ0n) is 11.2. The van der Waals surface area contributed by atoms with Gasteiger partial charge in [-0.3, -0.25) is 4.90 Å². The number of anilines is 1. The summed E-state index contributed by atoms with van der Waals surface area (Å²) in [7, 11) is 0. The summed E-state index contributed by atoms with van der Waals surface area (Å²) in [6.45, 7) is 0.521. The smallest absolute Gasteiger partial charge is 0.414 e. The van der Waals surface area contributed by atoms with Crippen molar-refractivity contribution in [1.29, 1.82) is 0 Å². The summed E-state index contributed by atoms with van der Waals surface area (Å²) < 4.78 is 20.6. The lowest BCUT2D eigenvalue weighted by Gasteiger charge is -2.14. The first-order chi connectivity index (χ1) is 10.7. The summed E-state index contributed by atoms with van der Waals surface area (Å²) in [5.74, 6) is -0.517. The topological polar surface area (TPSA) is 72.6 Å². The fourth-order valence-electron chi connectivity index (χ4n) is 2.15. The quantitative estimate of drug-likeness (QED) is 0.635. The van der Waals surface area contributed by atoms with E-state index in [0.717, 1.165) is 0 Å². The molecule has 0 N–H and O–H groups in total. The number of aromatic nitrogens is 3. The molecule has 0 bridgehead atoms. The number of amides is 1. The van der Waals surface area contributed by atoms with Gasteiger partial charge in [0.1, 0.15) is 24.4 Å². The van der Waals surface area contributed by atoms with Crippen molar-refractivity contribution in [3.63, 3.8) is 0 Å². The fraction of sp³-hybridized carbons (Fsp3) is 0.231. The zero-order chi connectivity index (χ0) is 15.5. The van der Waals surface area contributed by atoms with Crippen molar-refractivity contribution in [2.75, 3.05) is 18.0 Å². The van der Waals surface area contributed by atoms with Gasteiger partial charge in [-0.15, -0.1) is 0 Å². The molecule has 1 atom stereocenters. The van der Waals surface area contributed by atoms with Gasteiger partial charge in [0.15, 0.2) is 5.82 Å². The van der Waals surface area contributed by atoms with Crippen LogP contribution in [0.3, 0.4) is 0 Å². The Bertz CT molecular complexity index is 745. The highest BCUT2D eigenvalue weighted by Gasteiger charge is 2.32. The number of rotatable bonds is 4. The number of hydrogen-bond donors (Lipinski definition) is 0.